The number of nitrogens with one attached hydrogen (secondary N) is 2. The van der Waals surface area contributed by atoms with Gasteiger partial charge in [-0.1, -0.05) is 13.8 Å². The molecule has 5 N–H and O–H groups in total. The quantitative estimate of drug-likeness (QED) is 0.499. The summed E-state index contributed by atoms with van der Waals surface area (Å²) in [7, 11) is 0. The maximum absolute atomic E-state index is 11.1. The van der Waals surface area contributed by atoms with E-state index in [1.54, 1.807) is 6.07 Å². The van der Waals surface area contributed by atoms with Gasteiger partial charge in [0.05, 0.1) is 43.1 Å². The molecular weight excluding hydrogens is 292 g/mol. The van der Waals surface area contributed by atoms with Crippen molar-refractivity contribution in [1.82, 2.24) is 0 Å². The average Bonchev–Trinajstić information content (AvgIpc) is 2.52. The van der Waals surface area contributed by atoms with Gasteiger partial charge in [0, 0.05) is 6.07 Å². The van der Waals surface area contributed by atoms with Gasteiger partial charge in [0.25, 0.3) is 0 Å². The fraction of sp³-hybridized carbons (Fsp3) is 0.667. The third-order valence-electron chi connectivity index (χ3n) is 7.03. The number of quaternary nitrogens is 2. The molecule has 0 atom stereocenters. The number of aromatic hydroxyl groups is 2. The molecule has 5 nitrogen and oxygen atoms in total. The van der Waals surface area contributed by atoms with E-state index in [0.717, 1.165) is 44.6 Å². The van der Waals surface area contributed by atoms with Crippen molar-refractivity contribution in [2.24, 2.45) is 10.8 Å². The molecule has 4 saturated heterocycles. The minimum Gasteiger partial charge on any atom is -0.508 e. The third-order valence-corrected chi connectivity index (χ3v) is 7.03. The van der Waals surface area contributed by atoms with Crippen LogP contribution in [0.4, 0.5) is 0 Å². The summed E-state index contributed by atoms with van der Waals surface area (Å²) >= 11 is 0. The van der Waals surface area contributed by atoms with E-state index in [4.69, 9.17) is 0 Å². The Morgan fingerprint density at radius 1 is 1.00 bits per heavy atom. The largest absolute Gasteiger partial charge is 0.508 e. The second kappa shape index (κ2) is 4.85. The predicted molar refractivity (Wildman–Crippen MR) is 85.4 cm³/mol. The molecule has 5 rings (SSSR count). The van der Waals surface area contributed by atoms with Gasteiger partial charge in [-0.05, 0) is 25.0 Å². The van der Waals surface area contributed by atoms with E-state index in [-0.39, 0.29) is 34.6 Å². The van der Waals surface area contributed by atoms with Crippen molar-refractivity contribution in [3.05, 3.63) is 23.8 Å². The molecule has 23 heavy (non-hydrogen) atoms. The number of phenols is 2. The van der Waals surface area contributed by atoms with Gasteiger partial charge < -0.3 is 15.3 Å². The Hall–Kier alpha value is -1.30. The highest BCUT2D eigenvalue weighted by Crippen LogP contribution is 2.44. The smallest absolute Gasteiger partial charge is 0.243 e. The first-order valence-corrected chi connectivity index (χ1v) is 8.84. The van der Waals surface area contributed by atoms with Crippen molar-refractivity contribution in [2.75, 3.05) is 26.2 Å². The second-order valence-electron chi connectivity index (χ2n) is 8.03. The van der Waals surface area contributed by atoms with Crippen LogP contribution in [0.5, 0.6) is 11.5 Å². The van der Waals surface area contributed by atoms with Crippen LogP contribution in [0, 0.1) is 10.8 Å². The van der Waals surface area contributed by atoms with Crippen molar-refractivity contribution in [3.63, 3.8) is 0 Å². The number of piperidine rings is 2. The zero-order valence-electron chi connectivity index (χ0n) is 14.0. The van der Waals surface area contributed by atoms with Crippen molar-refractivity contribution < 1.29 is 25.1 Å². The molecule has 0 aromatic heterocycles. The molecule has 126 valence electrons. The van der Waals surface area contributed by atoms with Crippen LogP contribution in [0.1, 0.15) is 38.4 Å². The second-order valence-corrected chi connectivity index (χ2v) is 8.03. The lowest BCUT2D eigenvalue weighted by molar-refractivity contribution is -1.19. The van der Waals surface area contributed by atoms with Gasteiger partial charge in [-0.25, -0.2) is 0 Å². The number of aliphatic hydroxyl groups excluding tert-OH is 1. The van der Waals surface area contributed by atoms with Gasteiger partial charge in [0.2, 0.25) is 6.17 Å². The summed E-state index contributed by atoms with van der Waals surface area (Å²) in [5.41, 5.74) is 0.957. The Kier molecular flexibility index (Phi) is 3.21. The molecule has 0 amide bonds. The van der Waals surface area contributed by atoms with Crippen molar-refractivity contribution in [1.29, 1.82) is 0 Å². The summed E-state index contributed by atoms with van der Waals surface area (Å²) in [5, 5.41) is 31.0. The number of phenolic OH excluding ortho intramolecular Hbond substituents is 2. The van der Waals surface area contributed by atoms with Gasteiger partial charge in [-0.2, -0.15) is 0 Å². The van der Waals surface area contributed by atoms with Crippen LogP contribution in [0.3, 0.4) is 0 Å². The fourth-order valence-electron chi connectivity index (χ4n) is 5.89. The van der Waals surface area contributed by atoms with Crippen molar-refractivity contribution in [2.45, 2.75) is 39.0 Å². The van der Waals surface area contributed by atoms with E-state index >= 15 is 0 Å². The first-order chi connectivity index (χ1) is 10.9. The summed E-state index contributed by atoms with van der Waals surface area (Å²) in [6.07, 6.45) is 2.03. The molecule has 0 spiro atoms. The monoisotopic (exact) mass is 320 g/mol. The third kappa shape index (κ3) is 1.90. The molecule has 0 saturated carbocycles. The molecule has 0 radical (unpaired) electrons. The van der Waals surface area contributed by atoms with Gasteiger partial charge in [-0.3, -0.25) is 9.80 Å². The Morgan fingerprint density at radius 2 is 1.52 bits per heavy atom. The minimum absolute atomic E-state index is 0.0141. The molecule has 4 fully saturated rings. The number of aliphatic hydroxyl groups is 1. The summed E-state index contributed by atoms with van der Waals surface area (Å²) in [6.45, 7) is 8.30. The zero-order valence-corrected chi connectivity index (χ0v) is 14.0. The van der Waals surface area contributed by atoms with E-state index < -0.39 is 0 Å². The minimum atomic E-state index is -0.202. The van der Waals surface area contributed by atoms with Crippen LogP contribution in [0.2, 0.25) is 0 Å². The lowest BCUT2D eigenvalue weighted by Gasteiger charge is -2.64. The normalized spacial score (nSPS) is 44.7. The van der Waals surface area contributed by atoms with Crippen LogP contribution >= 0.6 is 0 Å². The van der Waals surface area contributed by atoms with Crippen LogP contribution < -0.4 is 9.80 Å². The molecule has 4 heterocycles. The van der Waals surface area contributed by atoms with E-state index in [1.165, 1.54) is 15.9 Å². The topological polar surface area (TPSA) is 69.6 Å². The van der Waals surface area contributed by atoms with Gasteiger partial charge in [0.15, 0.2) is 0 Å². The SMILES string of the molecule is CCC12C[NH+]3CC(CC)(C[NH+](C1)C3c1ccc(O)cc1O)C2O. The molecular formula is C18H28N2O3+2. The molecule has 4 aliphatic heterocycles. The van der Waals surface area contributed by atoms with E-state index in [1.807, 2.05) is 6.07 Å². The summed E-state index contributed by atoms with van der Waals surface area (Å²) in [5.74, 6) is 0.301. The van der Waals surface area contributed by atoms with Crippen molar-refractivity contribution in [3.8, 4) is 11.5 Å². The Balaban J connectivity index is 1.76. The molecule has 0 unspecified atom stereocenters. The highest BCUT2D eigenvalue weighted by molar-refractivity contribution is 5.39. The Labute approximate surface area is 137 Å². The predicted octanol–water partition coefficient (Wildman–Crippen LogP) is -0.939. The van der Waals surface area contributed by atoms with Crippen LogP contribution in [-0.2, 0) is 0 Å². The van der Waals surface area contributed by atoms with Gasteiger partial charge in [0.1, 0.15) is 17.1 Å². The van der Waals surface area contributed by atoms with Crippen LogP contribution in [0.25, 0.3) is 0 Å². The van der Waals surface area contributed by atoms with E-state index in [2.05, 4.69) is 13.8 Å². The zero-order chi connectivity index (χ0) is 16.4. The highest BCUT2D eigenvalue weighted by Gasteiger charge is 2.70. The highest BCUT2D eigenvalue weighted by atomic mass is 16.3. The molecule has 1 aromatic carbocycles. The summed E-state index contributed by atoms with van der Waals surface area (Å²) in [4.78, 5) is 2.96. The van der Waals surface area contributed by atoms with Gasteiger partial charge in [-0.15, -0.1) is 0 Å². The van der Waals surface area contributed by atoms with Crippen LogP contribution in [-0.4, -0.2) is 47.6 Å². The average molecular weight is 320 g/mol. The maximum Gasteiger partial charge on any atom is 0.243 e. The number of hydrogen-bond acceptors (Lipinski definition) is 3. The molecule has 4 bridgehead atoms. The lowest BCUT2D eigenvalue weighted by Crippen LogP contribution is -3.41. The molecule has 4 aliphatic rings. The molecule has 0 aliphatic carbocycles. The number of rotatable bonds is 3. The lowest BCUT2D eigenvalue weighted by atomic mass is 9.57. The van der Waals surface area contributed by atoms with E-state index in [9.17, 15) is 15.3 Å². The summed E-state index contributed by atoms with van der Waals surface area (Å²) < 4.78 is 0. The maximum atomic E-state index is 11.1. The van der Waals surface area contributed by atoms with Crippen LogP contribution in [0.15, 0.2) is 18.2 Å². The number of benzene rings is 1. The standard InChI is InChI=1S/C18H26N2O3/c1-3-17-8-19-10-18(4-2,16(17)23)11-20(9-17)15(19)13-6-5-12(21)7-14(13)22/h5-7,15-16,21-23H,3-4,8-11H2,1-2H3/p+2. The van der Waals surface area contributed by atoms with E-state index in [0.29, 0.717) is 0 Å². The number of hydrogen-bond donors (Lipinski definition) is 5. The first-order valence-electron chi connectivity index (χ1n) is 8.84. The Bertz CT molecular complexity index is 593. The molecule has 1 aromatic rings. The van der Waals surface area contributed by atoms with Gasteiger partial charge >= 0.3 is 0 Å². The Morgan fingerprint density at radius 3 is 1.96 bits per heavy atom. The fourth-order valence-corrected chi connectivity index (χ4v) is 5.89. The molecule has 5 heteroatoms. The van der Waals surface area contributed by atoms with Crippen molar-refractivity contribution >= 4 is 0 Å². The first kappa shape index (κ1) is 15.2. The summed E-state index contributed by atoms with van der Waals surface area (Å²) in [6, 6.07) is 4.98.